The summed E-state index contributed by atoms with van der Waals surface area (Å²) in [5, 5.41) is 3.40. The van der Waals surface area contributed by atoms with Gasteiger partial charge in [0.15, 0.2) is 0 Å². The van der Waals surface area contributed by atoms with Gasteiger partial charge in [0.05, 0.1) is 19.2 Å². The van der Waals surface area contributed by atoms with Crippen LogP contribution >= 0.6 is 0 Å². The predicted molar refractivity (Wildman–Crippen MR) is 95.5 cm³/mol. The van der Waals surface area contributed by atoms with E-state index in [2.05, 4.69) is 22.1 Å². The number of nitrogens with one attached hydrogen (secondary N) is 2. The molecule has 1 aromatic heterocycles. The molecule has 4 nitrogen and oxygen atoms in total. The normalized spacial score (nSPS) is 11.0. The molecule has 0 bridgehead atoms. The van der Waals surface area contributed by atoms with Crippen molar-refractivity contribution in [2.75, 3.05) is 13.7 Å². The highest BCUT2D eigenvalue weighted by Crippen LogP contribution is 2.31. The second kappa shape index (κ2) is 7.46. The van der Waals surface area contributed by atoms with E-state index in [0.717, 1.165) is 17.0 Å². The second-order valence-electron chi connectivity index (χ2n) is 5.66. The van der Waals surface area contributed by atoms with E-state index in [-0.39, 0.29) is 12.1 Å². The lowest BCUT2D eigenvalue weighted by Gasteiger charge is -2.08. The van der Waals surface area contributed by atoms with Gasteiger partial charge in [-0.05, 0) is 30.3 Å². The Morgan fingerprint density at radius 1 is 1.19 bits per heavy atom. The lowest BCUT2D eigenvalue weighted by molar-refractivity contribution is -0.137. The van der Waals surface area contributed by atoms with E-state index < -0.39 is 17.6 Å². The Bertz CT molecular complexity index is 1040. The molecule has 0 saturated carbocycles. The molecule has 1 amide bonds. The first-order chi connectivity index (χ1) is 12.9. The van der Waals surface area contributed by atoms with Crippen molar-refractivity contribution < 1.29 is 22.7 Å². The zero-order valence-corrected chi connectivity index (χ0v) is 14.3. The van der Waals surface area contributed by atoms with Crippen molar-refractivity contribution in [1.29, 1.82) is 0 Å². The van der Waals surface area contributed by atoms with Crippen molar-refractivity contribution >= 4 is 16.8 Å². The number of amides is 1. The number of carbonyl (C=O) groups excluding carboxylic acids is 1. The van der Waals surface area contributed by atoms with Crippen LogP contribution in [-0.4, -0.2) is 24.5 Å². The molecule has 1 heterocycles. The van der Waals surface area contributed by atoms with Crippen LogP contribution in [0, 0.1) is 11.8 Å². The standard InChI is InChI=1S/C20H15F3N2O2/c1-27-15-9-8-14-11-18(25-17(14)12-15)19(26)24-10-4-6-13-5-2-3-7-16(13)20(21,22)23/h2-3,5,7-9,11-12,25H,10H2,1H3,(H,24,26). The monoisotopic (exact) mass is 372 g/mol. The Kier molecular flexibility index (Phi) is 5.08. The summed E-state index contributed by atoms with van der Waals surface area (Å²) in [7, 11) is 1.55. The van der Waals surface area contributed by atoms with Gasteiger partial charge >= 0.3 is 6.18 Å². The number of methoxy groups -OCH3 is 1. The van der Waals surface area contributed by atoms with E-state index in [1.54, 1.807) is 25.3 Å². The minimum atomic E-state index is -4.47. The van der Waals surface area contributed by atoms with Crippen molar-refractivity contribution in [3.05, 3.63) is 65.4 Å². The molecular weight excluding hydrogens is 357 g/mol. The Morgan fingerprint density at radius 3 is 2.70 bits per heavy atom. The number of hydrogen-bond acceptors (Lipinski definition) is 2. The summed E-state index contributed by atoms with van der Waals surface area (Å²) in [6.07, 6.45) is -4.47. The third-order valence-corrected chi connectivity index (χ3v) is 3.87. The van der Waals surface area contributed by atoms with Crippen LogP contribution in [0.25, 0.3) is 10.9 Å². The van der Waals surface area contributed by atoms with E-state index in [1.165, 1.54) is 18.2 Å². The Morgan fingerprint density at radius 2 is 1.96 bits per heavy atom. The van der Waals surface area contributed by atoms with Gasteiger partial charge in [-0.2, -0.15) is 13.2 Å². The number of alkyl halides is 3. The Balaban J connectivity index is 1.69. The quantitative estimate of drug-likeness (QED) is 0.684. The molecular formula is C20H15F3N2O2. The number of hydrogen-bond donors (Lipinski definition) is 2. The molecule has 7 heteroatoms. The van der Waals surface area contributed by atoms with Gasteiger partial charge in [0.1, 0.15) is 11.4 Å². The van der Waals surface area contributed by atoms with E-state index in [4.69, 9.17) is 4.74 Å². The highest BCUT2D eigenvalue weighted by atomic mass is 19.4. The fraction of sp³-hybridized carbons (Fsp3) is 0.150. The van der Waals surface area contributed by atoms with Crippen molar-refractivity contribution in [2.24, 2.45) is 0 Å². The molecule has 3 aromatic rings. The van der Waals surface area contributed by atoms with Gasteiger partial charge in [-0.15, -0.1) is 0 Å². The van der Waals surface area contributed by atoms with Gasteiger partial charge < -0.3 is 15.0 Å². The topological polar surface area (TPSA) is 54.1 Å². The molecule has 138 valence electrons. The van der Waals surface area contributed by atoms with E-state index in [1.807, 2.05) is 6.07 Å². The van der Waals surface area contributed by atoms with Crippen molar-refractivity contribution in [1.82, 2.24) is 10.3 Å². The molecule has 0 spiro atoms. The molecule has 0 fully saturated rings. The number of benzene rings is 2. The van der Waals surface area contributed by atoms with Gasteiger partial charge in [0.2, 0.25) is 0 Å². The lowest BCUT2D eigenvalue weighted by Crippen LogP contribution is -2.23. The van der Waals surface area contributed by atoms with Crippen LogP contribution in [0.5, 0.6) is 5.75 Å². The number of aromatic amines is 1. The van der Waals surface area contributed by atoms with Gasteiger partial charge in [0, 0.05) is 22.5 Å². The fourth-order valence-corrected chi connectivity index (χ4v) is 2.55. The van der Waals surface area contributed by atoms with Crippen LogP contribution in [0.4, 0.5) is 13.2 Å². The van der Waals surface area contributed by atoms with Gasteiger partial charge in [-0.25, -0.2) is 0 Å². The van der Waals surface area contributed by atoms with Crippen LogP contribution in [0.1, 0.15) is 21.6 Å². The highest BCUT2D eigenvalue weighted by Gasteiger charge is 2.32. The van der Waals surface area contributed by atoms with E-state index in [0.29, 0.717) is 11.4 Å². The molecule has 0 aliphatic heterocycles. The number of halogens is 3. The average molecular weight is 372 g/mol. The summed E-state index contributed by atoms with van der Waals surface area (Å²) in [5.41, 5.74) is 0.144. The molecule has 3 rings (SSSR count). The molecule has 2 N–H and O–H groups in total. The number of aromatic nitrogens is 1. The zero-order chi connectivity index (χ0) is 19.4. The number of fused-ring (bicyclic) bond motifs is 1. The summed E-state index contributed by atoms with van der Waals surface area (Å²) >= 11 is 0. The summed E-state index contributed by atoms with van der Waals surface area (Å²) < 4.78 is 43.9. The molecule has 0 aliphatic carbocycles. The van der Waals surface area contributed by atoms with Gasteiger partial charge in [-0.1, -0.05) is 24.0 Å². The largest absolute Gasteiger partial charge is 0.497 e. The minimum Gasteiger partial charge on any atom is -0.497 e. The molecule has 2 aromatic carbocycles. The maximum absolute atomic E-state index is 12.9. The number of carbonyl (C=O) groups is 1. The van der Waals surface area contributed by atoms with Crippen molar-refractivity contribution in [2.45, 2.75) is 6.18 Å². The fourth-order valence-electron chi connectivity index (χ4n) is 2.55. The first-order valence-corrected chi connectivity index (χ1v) is 7.98. The number of ether oxygens (including phenoxy) is 1. The number of H-pyrrole nitrogens is 1. The Labute approximate surface area is 153 Å². The summed E-state index contributed by atoms with van der Waals surface area (Å²) in [4.78, 5) is 15.2. The molecule has 27 heavy (non-hydrogen) atoms. The van der Waals surface area contributed by atoms with Crippen LogP contribution in [-0.2, 0) is 6.18 Å². The molecule has 0 saturated heterocycles. The Hall–Kier alpha value is -3.40. The SMILES string of the molecule is COc1ccc2cc(C(=O)NCC#Cc3ccccc3C(F)(F)F)[nH]c2c1. The summed E-state index contributed by atoms with van der Waals surface area (Å²) in [5.74, 6) is 5.27. The lowest BCUT2D eigenvalue weighted by atomic mass is 10.1. The van der Waals surface area contributed by atoms with Crippen LogP contribution in [0.15, 0.2) is 48.5 Å². The van der Waals surface area contributed by atoms with Crippen molar-refractivity contribution in [3.8, 4) is 17.6 Å². The molecule has 0 aliphatic rings. The summed E-state index contributed by atoms with van der Waals surface area (Å²) in [6.45, 7) is -0.0797. The van der Waals surface area contributed by atoms with Crippen LogP contribution < -0.4 is 10.1 Å². The second-order valence-corrected chi connectivity index (χ2v) is 5.66. The van der Waals surface area contributed by atoms with E-state index in [9.17, 15) is 18.0 Å². The van der Waals surface area contributed by atoms with Crippen molar-refractivity contribution in [3.63, 3.8) is 0 Å². The first kappa shape index (κ1) is 18.4. The zero-order valence-electron chi connectivity index (χ0n) is 14.3. The third-order valence-electron chi connectivity index (χ3n) is 3.87. The average Bonchev–Trinajstić information content (AvgIpc) is 3.07. The molecule has 0 atom stereocenters. The van der Waals surface area contributed by atoms with Gasteiger partial charge in [0.25, 0.3) is 5.91 Å². The first-order valence-electron chi connectivity index (χ1n) is 7.98. The molecule has 0 unspecified atom stereocenters. The van der Waals surface area contributed by atoms with E-state index >= 15 is 0 Å². The maximum Gasteiger partial charge on any atom is 0.417 e. The summed E-state index contributed by atoms with van der Waals surface area (Å²) in [6, 6.07) is 12.1. The maximum atomic E-state index is 12.9. The van der Waals surface area contributed by atoms with Gasteiger partial charge in [-0.3, -0.25) is 4.79 Å². The number of rotatable bonds is 3. The van der Waals surface area contributed by atoms with Crippen LogP contribution in [0.3, 0.4) is 0 Å². The van der Waals surface area contributed by atoms with Crippen LogP contribution in [0.2, 0.25) is 0 Å². The third kappa shape index (κ3) is 4.23. The molecule has 0 radical (unpaired) electrons. The minimum absolute atomic E-state index is 0.0797. The smallest absolute Gasteiger partial charge is 0.417 e. The predicted octanol–water partition coefficient (Wildman–Crippen LogP) is 3.98. The highest BCUT2D eigenvalue weighted by molar-refractivity contribution is 5.98.